The van der Waals surface area contributed by atoms with Gasteiger partial charge >= 0.3 is 12.1 Å². The van der Waals surface area contributed by atoms with E-state index in [-0.39, 0.29) is 0 Å². The van der Waals surface area contributed by atoms with Crippen molar-refractivity contribution in [1.82, 2.24) is 5.32 Å². The van der Waals surface area contributed by atoms with Crippen LogP contribution in [0.15, 0.2) is 42.5 Å². The Bertz CT molecular complexity index is 827. The van der Waals surface area contributed by atoms with E-state index in [0.29, 0.717) is 23.7 Å². The third-order valence-corrected chi connectivity index (χ3v) is 3.88. The molecule has 2 rings (SSSR count). The first-order valence-electron chi connectivity index (χ1n) is 8.72. The van der Waals surface area contributed by atoms with Gasteiger partial charge in [-0.3, -0.25) is 0 Å². The summed E-state index contributed by atoms with van der Waals surface area (Å²) in [5.41, 5.74) is 2.34. The molecule has 0 bridgehead atoms. The van der Waals surface area contributed by atoms with Crippen LogP contribution in [-0.4, -0.2) is 24.3 Å². The van der Waals surface area contributed by atoms with Crippen molar-refractivity contribution in [1.29, 1.82) is 0 Å². The smallest absolute Gasteiger partial charge is 0.407 e. The Morgan fingerprint density at radius 2 is 1.85 bits per heavy atom. The van der Waals surface area contributed by atoms with E-state index in [0.717, 1.165) is 16.7 Å². The lowest BCUT2D eigenvalue weighted by Gasteiger charge is -2.19. The normalized spacial score (nSPS) is 11.0. The van der Waals surface area contributed by atoms with E-state index >= 15 is 0 Å². The number of carbonyl (C=O) groups is 2. The van der Waals surface area contributed by atoms with Crippen molar-refractivity contribution >= 4 is 23.7 Å². The van der Waals surface area contributed by atoms with Crippen molar-refractivity contribution < 1.29 is 19.1 Å². The van der Waals surface area contributed by atoms with E-state index < -0.39 is 17.7 Å². The van der Waals surface area contributed by atoms with Crippen molar-refractivity contribution in [3.05, 3.63) is 58.6 Å². The molecule has 0 unspecified atom stereocenters. The van der Waals surface area contributed by atoms with Gasteiger partial charge in [0.25, 0.3) is 0 Å². The second-order valence-electron chi connectivity index (χ2n) is 6.97. The van der Waals surface area contributed by atoms with Crippen LogP contribution in [0.4, 0.5) is 4.79 Å². The molecule has 27 heavy (non-hydrogen) atoms. The van der Waals surface area contributed by atoms with Crippen LogP contribution in [0.2, 0.25) is 5.02 Å². The van der Waals surface area contributed by atoms with Crippen LogP contribution in [-0.2, 0) is 16.0 Å². The molecule has 2 aromatic rings. The highest BCUT2D eigenvalue weighted by Crippen LogP contribution is 2.30. The Hall–Kier alpha value is -2.53. The summed E-state index contributed by atoms with van der Waals surface area (Å²) in [6.45, 7) is 7.82. The summed E-state index contributed by atoms with van der Waals surface area (Å²) in [4.78, 5) is 23.8. The SMILES string of the molecule is CCOC(=O)c1ccc(Cl)c(-c2cccc(CNC(=O)OC(C)(C)C)c2)c1. The van der Waals surface area contributed by atoms with Gasteiger partial charge in [0.15, 0.2) is 0 Å². The molecule has 1 N–H and O–H groups in total. The summed E-state index contributed by atoms with van der Waals surface area (Å²) >= 11 is 6.32. The lowest BCUT2D eigenvalue weighted by molar-refractivity contribution is 0.0514. The van der Waals surface area contributed by atoms with Gasteiger partial charge in [0.05, 0.1) is 12.2 Å². The first-order chi connectivity index (χ1) is 12.7. The zero-order chi connectivity index (χ0) is 20.0. The Labute approximate surface area is 164 Å². The van der Waals surface area contributed by atoms with Gasteiger partial charge in [0.2, 0.25) is 0 Å². The first-order valence-corrected chi connectivity index (χ1v) is 9.10. The maximum Gasteiger partial charge on any atom is 0.407 e. The zero-order valence-corrected chi connectivity index (χ0v) is 16.7. The lowest BCUT2D eigenvalue weighted by Crippen LogP contribution is -2.32. The standard InChI is InChI=1S/C21H24ClNO4/c1-5-26-19(24)16-9-10-18(22)17(12-16)15-8-6-7-14(11-15)13-23-20(25)27-21(2,3)4/h6-12H,5,13H2,1-4H3,(H,23,25). The average molecular weight is 390 g/mol. The Morgan fingerprint density at radius 3 is 2.52 bits per heavy atom. The number of hydrogen-bond acceptors (Lipinski definition) is 4. The summed E-state index contributed by atoms with van der Waals surface area (Å²) in [6.07, 6.45) is -0.477. The summed E-state index contributed by atoms with van der Waals surface area (Å²) in [5.74, 6) is -0.391. The van der Waals surface area contributed by atoms with Crippen LogP contribution >= 0.6 is 11.6 Å². The fraction of sp³-hybridized carbons (Fsp3) is 0.333. The predicted molar refractivity (Wildman–Crippen MR) is 106 cm³/mol. The van der Waals surface area contributed by atoms with Gasteiger partial charge in [-0.1, -0.05) is 29.8 Å². The van der Waals surface area contributed by atoms with E-state index in [9.17, 15) is 9.59 Å². The molecule has 0 aliphatic carbocycles. The molecule has 6 heteroatoms. The van der Waals surface area contributed by atoms with Crippen LogP contribution in [0.5, 0.6) is 0 Å². The molecule has 0 atom stereocenters. The molecular weight excluding hydrogens is 366 g/mol. The number of carbonyl (C=O) groups excluding carboxylic acids is 2. The van der Waals surface area contributed by atoms with Crippen LogP contribution in [0, 0.1) is 0 Å². The predicted octanol–water partition coefficient (Wildman–Crippen LogP) is 5.21. The molecule has 0 aliphatic heterocycles. The van der Waals surface area contributed by atoms with E-state index in [4.69, 9.17) is 21.1 Å². The van der Waals surface area contributed by atoms with E-state index in [1.807, 2.05) is 45.0 Å². The van der Waals surface area contributed by atoms with Gasteiger partial charge in [0.1, 0.15) is 5.60 Å². The molecule has 0 saturated heterocycles. The molecule has 0 heterocycles. The van der Waals surface area contributed by atoms with Crippen LogP contribution < -0.4 is 5.32 Å². The number of hydrogen-bond donors (Lipinski definition) is 1. The summed E-state index contributed by atoms with van der Waals surface area (Å²) in [6, 6.07) is 12.6. The quantitative estimate of drug-likeness (QED) is 0.713. The number of alkyl carbamates (subject to hydrolysis) is 1. The molecule has 0 spiro atoms. The van der Waals surface area contributed by atoms with Crippen molar-refractivity contribution in [2.45, 2.75) is 39.8 Å². The highest BCUT2D eigenvalue weighted by molar-refractivity contribution is 6.33. The Kier molecular flexibility index (Phi) is 6.86. The molecule has 0 aliphatic rings. The zero-order valence-electron chi connectivity index (χ0n) is 16.0. The minimum atomic E-state index is -0.549. The molecule has 5 nitrogen and oxygen atoms in total. The molecule has 0 radical (unpaired) electrons. The molecule has 2 aromatic carbocycles. The summed E-state index contributed by atoms with van der Waals surface area (Å²) < 4.78 is 10.3. The summed E-state index contributed by atoms with van der Waals surface area (Å²) in [5, 5.41) is 3.25. The van der Waals surface area contributed by atoms with Gasteiger partial charge in [-0.05, 0) is 63.1 Å². The molecular formula is C21H24ClNO4. The van der Waals surface area contributed by atoms with Crippen molar-refractivity contribution in [2.24, 2.45) is 0 Å². The minimum absolute atomic E-state index is 0.308. The third kappa shape index (κ3) is 6.29. The maximum atomic E-state index is 12.0. The lowest BCUT2D eigenvalue weighted by atomic mass is 10.0. The van der Waals surface area contributed by atoms with Crippen molar-refractivity contribution in [3.8, 4) is 11.1 Å². The minimum Gasteiger partial charge on any atom is -0.462 e. The Balaban J connectivity index is 2.18. The van der Waals surface area contributed by atoms with Gasteiger partial charge in [-0.15, -0.1) is 0 Å². The second-order valence-corrected chi connectivity index (χ2v) is 7.38. The van der Waals surface area contributed by atoms with Crippen LogP contribution in [0.1, 0.15) is 43.6 Å². The topological polar surface area (TPSA) is 64.6 Å². The third-order valence-electron chi connectivity index (χ3n) is 3.55. The number of amides is 1. The molecule has 144 valence electrons. The molecule has 0 fully saturated rings. The highest BCUT2D eigenvalue weighted by atomic mass is 35.5. The second kappa shape index (κ2) is 8.91. The molecule has 0 saturated carbocycles. The van der Waals surface area contributed by atoms with E-state index in [2.05, 4.69) is 5.32 Å². The fourth-order valence-corrected chi connectivity index (χ4v) is 2.65. The highest BCUT2D eigenvalue weighted by Gasteiger charge is 2.16. The molecule has 0 aromatic heterocycles. The number of benzene rings is 2. The number of nitrogens with one attached hydrogen (secondary N) is 1. The first kappa shape index (κ1) is 20.8. The average Bonchev–Trinajstić information content (AvgIpc) is 2.59. The van der Waals surface area contributed by atoms with Gasteiger partial charge < -0.3 is 14.8 Å². The van der Waals surface area contributed by atoms with Crippen molar-refractivity contribution in [3.63, 3.8) is 0 Å². The van der Waals surface area contributed by atoms with Gasteiger partial charge in [-0.25, -0.2) is 9.59 Å². The van der Waals surface area contributed by atoms with Crippen LogP contribution in [0.25, 0.3) is 11.1 Å². The summed E-state index contributed by atoms with van der Waals surface area (Å²) in [7, 11) is 0. The molecule has 1 amide bonds. The number of esters is 1. The monoisotopic (exact) mass is 389 g/mol. The van der Waals surface area contributed by atoms with E-state index in [1.165, 1.54) is 0 Å². The fourth-order valence-electron chi connectivity index (χ4n) is 2.43. The number of halogens is 1. The van der Waals surface area contributed by atoms with Gasteiger partial charge in [0, 0.05) is 17.1 Å². The Morgan fingerprint density at radius 1 is 1.11 bits per heavy atom. The number of ether oxygens (including phenoxy) is 2. The van der Waals surface area contributed by atoms with E-state index in [1.54, 1.807) is 25.1 Å². The van der Waals surface area contributed by atoms with Gasteiger partial charge in [-0.2, -0.15) is 0 Å². The number of rotatable bonds is 5. The van der Waals surface area contributed by atoms with Crippen molar-refractivity contribution in [2.75, 3.05) is 6.61 Å². The largest absolute Gasteiger partial charge is 0.462 e. The van der Waals surface area contributed by atoms with Crippen LogP contribution in [0.3, 0.4) is 0 Å². The maximum absolute atomic E-state index is 12.0.